The number of carbonyl (C=O) groups is 1. The van der Waals surface area contributed by atoms with Gasteiger partial charge in [-0.2, -0.15) is 10.1 Å². The van der Waals surface area contributed by atoms with Gasteiger partial charge in [-0.3, -0.25) is 4.79 Å². The lowest BCUT2D eigenvalue weighted by Crippen LogP contribution is -2.19. The molecular weight excluding hydrogens is 324 g/mol. The zero-order valence-electron chi connectivity index (χ0n) is 13.9. The molecule has 0 radical (unpaired) electrons. The topological polar surface area (TPSA) is 114 Å². The fourth-order valence-electron chi connectivity index (χ4n) is 2.24. The SMILES string of the molecule is COc1ccc(O)c(C=NNC(=O)c2nc3nc(C)cc(C)n3n2)c1. The molecule has 0 aliphatic carbocycles. The van der Waals surface area contributed by atoms with E-state index in [2.05, 4.69) is 25.6 Å². The summed E-state index contributed by atoms with van der Waals surface area (Å²) in [6.07, 6.45) is 1.30. The normalized spacial score (nSPS) is 11.2. The summed E-state index contributed by atoms with van der Waals surface area (Å²) in [6, 6.07) is 6.52. The first-order valence-corrected chi connectivity index (χ1v) is 7.39. The Balaban J connectivity index is 1.78. The molecule has 3 aromatic rings. The average Bonchev–Trinajstić information content (AvgIpc) is 3.01. The second kappa shape index (κ2) is 6.56. The van der Waals surface area contributed by atoms with Crippen molar-refractivity contribution in [1.29, 1.82) is 0 Å². The highest BCUT2D eigenvalue weighted by Crippen LogP contribution is 2.20. The second-order valence-corrected chi connectivity index (χ2v) is 5.31. The van der Waals surface area contributed by atoms with Crippen molar-refractivity contribution >= 4 is 17.9 Å². The molecule has 0 spiro atoms. The first-order valence-electron chi connectivity index (χ1n) is 7.39. The number of hydrogen-bond donors (Lipinski definition) is 2. The number of aryl methyl sites for hydroxylation is 2. The van der Waals surface area contributed by atoms with Crippen LogP contribution in [0.5, 0.6) is 11.5 Å². The Morgan fingerprint density at radius 1 is 1.32 bits per heavy atom. The van der Waals surface area contributed by atoms with E-state index < -0.39 is 5.91 Å². The van der Waals surface area contributed by atoms with E-state index >= 15 is 0 Å². The Hall–Kier alpha value is -3.49. The molecule has 0 saturated carbocycles. The van der Waals surface area contributed by atoms with E-state index in [1.54, 1.807) is 12.1 Å². The van der Waals surface area contributed by atoms with Crippen LogP contribution < -0.4 is 10.2 Å². The van der Waals surface area contributed by atoms with Crippen LogP contribution in [0.1, 0.15) is 27.6 Å². The number of nitrogens with one attached hydrogen (secondary N) is 1. The molecule has 0 aliphatic rings. The van der Waals surface area contributed by atoms with Gasteiger partial charge in [0, 0.05) is 17.0 Å². The van der Waals surface area contributed by atoms with Gasteiger partial charge in [-0.15, -0.1) is 5.10 Å². The van der Waals surface area contributed by atoms with E-state index in [9.17, 15) is 9.90 Å². The fraction of sp³-hybridized carbons (Fsp3) is 0.188. The van der Waals surface area contributed by atoms with Crippen LogP contribution in [-0.4, -0.2) is 43.9 Å². The molecule has 2 N–H and O–H groups in total. The fourth-order valence-corrected chi connectivity index (χ4v) is 2.24. The van der Waals surface area contributed by atoms with Gasteiger partial charge in [-0.25, -0.2) is 14.9 Å². The molecule has 0 aliphatic heterocycles. The van der Waals surface area contributed by atoms with Crippen LogP contribution in [0, 0.1) is 13.8 Å². The smallest absolute Gasteiger partial charge is 0.311 e. The Kier molecular flexibility index (Phi) is 4.29. The summed E-state index contributed by atoms with van der Waals surface area (Å²) < 4.78 is 6.56. The summed E-state index contributed by atoms with van der Waals surface area (Å²) in [6.45, 7) is 3.69. The lowest BCUT2D eigenvalue weighted by molar-refractivity contribution is 0.0945. The number of aromatic hydroxyl groups is 1. The van der Waals surface area contributed by atoms with Crippen molar-refractivity contribution in [2.45, 2.75) is 13.8 Å². The molecule has 9 heteroatoms. The Bertz CT molecular complexity index is 979. The van der Waals surface area contributed by atoms with Gasteiger partial charge in [0.25, 0.3) is 5.78 Å². The van der Waals surface area contributed by atoms with Crippen molar-refractivity contribution in [2.24, 2.45) is 5.10 Å². The van der Waals surface area contributed by atoms with Crippen LogP contribution in [0.2, 0.25) is 0 Å². The van der Waals surface area contributed by atoms with Crippen molar-refractivity contribution in [3.63, 3.8) is 0 Å². The van der Waals surface area contributed by atoms with Gasteiger partial charge in [0.05, 0.1) is 13.3 Å². The number of phenols is 1. The molecule has 2 aromatic heterocycles. The maximum Gasteiger partial charge on any atom is 0.311 e. The minimum Gasteiger partial charge on any atom is -0.507 e. The minimum atomic E-state index is -0.582. The number of hydrogen-bond acceptors (Lipinski definition) is 7. The molecule has 9 nitrogen and oxygen atoms in total. The Labute approximate surface area is 143 Å². The first-order chi connectivity index (χ1) is 12.0. The maximum absolute atomic E-state index is 12.1. The number of ether oxygens (including phenoxy) is 1. The lowest BCUT2D eigenvalue weighted by atomic mass is 10.2. The number of fused-ring (bicyclic) bond motifs is 1. The van der Waals surface area contributed by atoms with Crippen molar-refractivity contribution in [1.82, 2.24) is 25.0 Å². The zero-order chi connectivity index (χ0) is 18.0. The number of benzene rings is 1. The van der Waals surface area contributed by atoms with Crippen LogP contribution in [0.4, 0.5) is 0 Å². The molecule has 2 heterocycles. The number of aromatic nitrogens is 4. The van der Waals surface area contributed by atoms with Crippen LogP contribution in [-0.2, 0) is 0 Å². The number of amides is 1. The highest BCUT2D eigenvalue weighted by atomic mass is 16.5. The number of nitrogens with zero attached hydrogens (tertiary/aromatic N) is 5. The van der Waals surface area contributed by atoms with E-state index in [-0.39, 0.29) is 11.6 Å². The third-order valence-corrected chi connectivity index (χ3v) is 3.43. The van der Waals surface area contributed by atoms with Gasteiger partial charge in [0.15, 0.2) is 0 Å². The molecule has 128 valence electrons. The third-order valence-electron chi connectivity index (χ3n) is 3.43. The summed E-state index contributed by atoms with van der Waals surface area (Å²) in [5.41, 5.74) is 4.32. The van der Waals surface area contributed by atoms with Gasteiger partial charge in [-0.05, 0) is 38.1 Å². The summed E-state index contributed by atoms with van der Waals surface area (Å²) in [5.74, 6) is 0.288. The number of carbonyl (C=O) groups excluding carboxylic acids is 1. The Morgan fingerprint density at radius 3 is 2.88 bits per heavy atom. The quantitative estimate of drug-likeness (QED) is 0.545. The minimum absolute atomic E-state index is 0.0138. The zero-order valence-corrected chi connectivity index (χ0v) is 13.9. The van der Waals surface area contributed by atoms with Crippen molar-refractivity contribution in [3.05, 3.63) is 47.0 Å². The number of methoxy groups -OCH3 is 1. The standard InChI is InChI=1S/C16H16N6O3/c1-9-6-10(2)22-16(18-9)19-14(21-22)15(24)20-17-8-11-7-12(25-3)4-5-13(11)23/h4-8,23H,1-3H3,(H,20,24). The summed E-state index contributed by atoms with van der Waals surface area (Å²) in [7, 11) is 1.52. The molecular formula is C16H16N6O3. The molecule has 0 saturated heterocycles. The van der Waals surface area contributed by atoms with Crippen molar-refractivity contribution in [3.8, 4) is 11.5 Å². The molecule has 3 rings (SSSR count). The molecule has 0 unspecified atom stereocenters. The van der Waals surface area contributed by atoms with Gasteiger partial charge in [0.1, 0.15) is 11.5 Å². The highest BCUT2D eigenvalue weighted by molar-refractivity contribution is 5.92. The van der Waals surface area contributed by atoms with E-state index in [0.29, 0.717) is 17.1 Å². The molecule has 0 bridgehead atoms. The van der Waals surface area contributed by atoms with Crippen LogP contribution in [0.15, 0.2) is 29.4 Å². The third kappa shape index (κ3) is 3.39. The molecule has 25 heavy (non-hydrogen) atoms. The molecule has 1 aromatic carbocycles. The van der Waals surface area contributed by atoms with Crippen LogP contribution in [0.3, 0.4) is 0 Å². The predicted molar refractivity (Wildman–Crippen MR) is 90.0 cm³/mol. The van der Waals surface area contributed by atoms with Gasteiger partial charge >= 0.3 is 5.91 Å². The summed E-state index contributed by atoms with van der Waals surface area (Å²) in [4.78, 5) is 20.4. The van der Waals surface area contributed by atoms with E-state index in [1.807, 2.05) is 19.9 Å². The second-order valence-electron chi connectivity index (χ2n) is 5.31. The van der Waals surface area contributed by atoms with Crippen molar-refractivity contribution in [2.75, 3.05) is 7.11 Å². The number of rotatable bonds is 4. The maximum atomic E-state index is 12.1. The Morgan fingerprint density at radius 2 is 2.12 bits per heavy atom. The molecule has 1 amide bonds. The number of hydrazone groups is 1. The van der Waals surface area contributed by atoms with Crippen molar-refractivity contribution < 1.29 is 14.6 Å². The van der Waals surface area contributed by atoms with E-state index in [0.717, 1.165) is 11.4 Å². The monoisotopic (exact) mass is 340 g/mol. The predicted octanol–water partition coefficient (Wildman–Crippen LogP) is 1.22. The van der Waals surface area contributed by atoms with Crippen LogP contribution >= 0.6 is 0 Å². The summed E-state index contributed by atoms with van der Waals surface area (Å²) >= 11 is 0. The molecule has 0 atom stereocenters. The van der Waals surface area contributed by atoms with E-state index in [4.69, 9.17) is 4.74 Å². The lowest BCUT2D eigenvalue weighted by Gasteiger charge is -2.02. The average molecular weight is 340 g/mol. The summed E-state index contributed by atoms with van der Waals surface area (Å²) in [5, 5.41) is 17.7. The van der Waals surface area contributed by atoms with Gasteiger partial charge < -0.3 is 9.84 Å². The van der Waals surface area contributed by atoms with Crippen LogP contribution in [0.25, 0.3) is 5.78 Å². The van der Waals surface area contributed by atoms with E-state index in [1.165, 1.54) is 23.9 Å². The van der Waals surface area contributed by atoms with Gasteiger partial charge in [-0.1, -0.05) is 0 Å². The highest BCUT2D eigenvalue weighted by Gasteiger charge is 2.14. The van der Waals surface area contributed by atoms with Gasteiger partial charge in [0.2, 0.25) is 5.82 Å². The first kappa shape index (κ1) is 16.4. The molecule has 0 fully saturated rings. The number of phenolic OH excluding ortho intramolecular Hbond substituents is 1. The largest absolute Gasteiger partial charge is 0.507 e.